The van der Waals surface area contributed by atoms with Crippen LogP contribution < -0.4 is 5.32 Å². The normalized spacial score (nSPS) is 10.4. The fourth-order valence-electron chi connectivity index (χ4n) is 2.01. The summed E-state index contributed by atoms with van der Waals surface area (Å²) in [6.45, 7) is 0. The number of thiazole rings is 1. The summed E-state index contributed by atoms with van der Waals surface area (Å²) in [4.78, 5) is 37.1. The lowest BCUT2D eigenvalue weighted by molar-refractivity contribution is -0.384. The maximum absolute atomic E-state index is 12.1. The van der Waals surface area contributed by atoms with E-state index in [1.807, 2.05) is 0 Å². The van der Waals surface area contributed by atoms with Crippen LogP contribution in [0.4, 0.5) is 15.8 Å². The molecule has 11 heteroatoms. The largest absolute Gasteiger partial charge is 0.324 e. The first-order valence-electron chi connectivity index (χ1n) is 6.70. The number of thiophene rings is 1. The Bertz CT molecular complexity index is 981. The van der Waals surface area contributed by atoms with Gasteiger partial charge in [-0.15, -0.1) is 11.3 Å². The molecule has 1 amide bonds. The molecular formula is C14H8N4O5S2. The van der Waals surface area contributed by atoms with E-state index in [0.717, 1.165) is 22.7 Å². The van der Waals surface area contributed by atoms with Gasteiger partial charge in [-0.3, -0.25) is 30.3 Å². The number of benzene rings is 1. The number of carbonyl (C=O) groups is 1. The summed E-state index contributed by atoms with van der Waals surface area (Å²) in [5.74, 6) is -0.526. The van der Waals surface area contributed by atoms with Crippen molar-refractivity contribution in [3.05, 3.63) is 66.9 Å². The Hall–Kier alpha value is -3.18. The van der Waals surface area contributed by atoms with Gasteiger partial charge in [-0.1, -0.05) is 23.5 Å². The van der Waals surface area contributed by atoms with E-state index in [0.29, 0.717) is 11.3 Å². The second-order valence-corrected chi connectivity index (χ2v) is 6.58. The van der Waals surface area contributed by atoms with Gasteiger partial charge in [0.25, 0.3) is 11.6 Å². The molecule has 0 radical (unpaired) electrons. The Balaban J connectivity index is 1.81. The molecule has 0 aliphatic carbocycles. The second-order valence-electron chi connectivity index (χ2n) is 4.66. The minimum absolute atomic E-state index is 0.0837. The lowest BCUT2D eigenvalue weighted by Crippen LogP contribution is -2.09. The van der Waals surface area contributed by atoms with E-state index in [1.54, 1.807) is 23.6 Å². The van der Waals surface area contributed by atoms with Crippen LogP contribution >= 0.6 is 22.7 Å². The van der Waals surface area contributed by atoms with E-state index in [-0.39, 0.29) is 20.7 Å². The van der Waals surface area contributed by atoms with Crippen molar-refractivity contribution in [2.45, 2.75) is 0 Å². The van der Waals surface area contributed by atoms with Crippen LogP contribution in [0, 0.1) is 20.2 Å². The van der Waals surface area contributed by atoms with Crippen LogP contribution in [0.1, 0.15) is 9.67 Å². The molecule has 0 atom stereocenters. The Morgan fingerprint density at radius 2 is 1.84 bits per heavy atom. The minimum atomic E-state index is -0.572. The maximum Gasteiger partial charge on any atom is 0.324 e. The zero-order chi connectivity index (χ0) is 18.0. The molecule has 0 saturated carbocycles. The molecule has 126 valence electrons. The van der Waals surface area contributed by atoms with Crippen LogP contribution in [-0.2, 0) is 0 Å². The highest BCUT2D eigenvalue weighted by atomic mass is 32.1. The molecule has 3 rings (SSSR count). The molecule has 1 aromatic carbocycles. The van der Waals surface area contributed by atoms with Gasteiger partial charge in [0.1, 0.15) is 0 Å². The third-order valence-corrected chi connectivity index (χ3v) is 4.89. The lowest BCUT2D eigenvalue weighted by atomic mass is 10.1. The lowest BCUT2D eigenvalue weighted by Gasteiger charge is -1.99. The average Bonchev–Trinajstić information content (AvgIpc) is 3.24. The van der Waals surface area contributed by atoms with Crippen LogP contribution in [0.3, 0.4) is 0 Å². The monoisotopic (exact) mass is 376 g/mol. The molecule has 2 heterocycles. The predicted molar refractivity (Wildman–Crippen MR) is 93.1 cm³/mol. The van der Waals surface area contributed by atoms with Crippen molar-refractivity contribution in [2.75, 3.05) is 5.32 Å². The van der Waals surface area contributed by atoms with Gasteiger partial charge in [-0.2, -0.15) is 0 Å². The van der Waals surface area contributed by atoms with Crippen molar-refractivity contribution in [3.63, 3.8) is 0 Å². The summed E-state index contributed by atoms with van der Waals surface area (Å²) < 4.78 is 0. The molecule has 9 nitrogen and oxygen atoms in total. The summed E-state index contributed by atoms with van der Waals surface area (Å²) in [6.07, 6.45) is 0. The molecule has 0 aliphatic heterocycles. The zero-order valence-corrected chi connectivity index (χ0v) is 13.9. The summed E-state index contributed by atoms with van der Waals surface area (Å²) >= 11 is 1.86. The predicted octanol–water partition coefficient (Wildman–Crippen LogP) is 3.94. The van der Waals surface area contributed by atoms with E-state index in [2.05, 4.69) is 10.3 Å². The van der Waals surface area contributed by atoms with Crippen molar-refractivity contribution in [2.24, 2.45) is 0 Å². The zero-order valence-electron chi connectivity index (χ0n) is 12.2. The third-order valence-electron chi connectivity index (χ3n) is 3.10. The number of amides is 1. The second kappa shape index (κ2) is 6.75. The first-order chi connectivity index (χ1) is 12.0. The van der Waals surface area contributed by atoms with E-state index in [1.165, 1.54) is 18.2 Å². The van der Waals surface area contributed by atoms with E-state index in [4.69, 9.17) is 0 Å². The number of carbonyl (C=O) groups excluding carboxylic acids is 1. The molecule has 2 aromatic heterocycles. The first-order valence-corrected chi connectivity index (χ1v) is 8.40. The number of nitrogens with one attached hydrogen (secondary N) is 1. The van der Waals surface area contributed by atoms with Crippen molar-refractivity contribution in [3.8, 4) is 11.3 Å². The highest BCUT2D eigenvalue weighted by molar-refractivity contribution is 7.17. The number of nitro groups is 2. The number of anilines is 1. The van der Waals surface area contributed by atoms with Gasteiger partial charge in [-0.25, -0.2) is 4.98 Å². The highest BCUT2D eigenvalue weighted by Crippen LogP contribution is 2.32. The SMILES string of the molecule is O=C(Nc1nc(-c2ccccc2[N+](=O)[O-])cs1)c1ccc([N+](=O)[O-])s1. The number of hydrogen-bond acceptors (Lipinski definition) is 8. The molecule has 1 N–H and O–H groups in total. The summed E-state index contributed by atoms with van der Waals surface area (Å²) in [7, 11) is 0. The van der Waals surface area contributed by atoms with Gasteiger partial charge in [0.05, 0.1) is 26.0 Å². The van der Waals surface area contributed by atoms with Crippen LogP contribution in [-0.4, -0.2) is 20.7 Å². The molecule has 0 unspecified atom stereocenters. The quantitative estimate of drug-likeness (QED) is 0.530. The summed E-state index contributed by atoms with van der Waals surface area (Å²) in [5.41, 5.74) is 0.625. The Labute approximate surface area is 147 Å². The Morgan fingerprint density at radius 3 is 2.52 bits per heavy atom. The van der Waals surface area contributed by atoms with Crippen molar-refractivity contribution in [1.29, 1.82) is 0 Å². The molecule has 0 aliphatic rings. The van der Waals surface area contributed by atoms with Crippen molar-refractivity contribution in [1.82, 2.24) is 4.98 Å². The van der Waals surface area contributed by atoms with Crippen molar-refractivity contribution < 1.29 is 14.6 Å². The number of aromatic nitrogens is 1. The number of hydrogen-bond donors (Lipinski definition) is 1. The van der Waals surface area contributed by atoms with Crippen LogP contribution in [0.15, 0.2) is 41.8 Å². The van der Waals surface area contributed by atoms with E-state index < -0.39 is 15.8 Å². The molecule has 25 heavy (non-hydrogen) atoms. The molecular weight excluding hydrogens is 368 g/mol. The topological polar surface area (TPSA) is 128 Å². The molecule has 0 bridgehead atoms. The standard InChI is InChI=1S/C14H8N4O5S2/c19-13(11-5-6-12(25-11)18(22)23)16-14-15-9(7-24-14)8-3-1-2-4-10(8)17(20)21/h1-7H,(H,15,16,19). The number of nitrogens with zero attached hydrogens (tertiary/aromatic N) is 3. The highest BCUT2D eigenvalue weighted by Gasteiger charge is 2.19. The molecule has 0 spiro atoms. The Morgan fingerprint density at radius 1 is 1.08 bits per heavy atom. The average molecular weight is 376 g/mol. The first kappa shape index (κ1) is 16.7. The summed E-state index contributed by atoms with van der Waals surface area (Å²) in [6, 6.07) is 8.76. The molecule has 0 fully saturated rings. The minimum Gasteiger partial charge on any atom is -0.297 e. The number of para-hydroxylation sites is 1. The smallest absolute Gasteiger partial charge is 0.297 e. The van der Waals surface area contributed by atoms with Gasteiger partial charge in [0.2, 0.25) is 0 Å². The van der Waals surface area contributed by atoms with Crippen LogP contribution in [0.2, 0.25) is 0 Å². The fraction of sp³-hybridized carbons (Fsp3) is 0. The van der Waals surface area contributed by atoms with Crippen LogP contribution in [0.25, 0.3) is 11.3 Å². The molecule has 3 aromatic rings. The van der Waals surface area contributed by atoms with Gasteiger partial charge < -0.3 is 0 Å². The van der Waals surface area contributed by atoms with Gasteiger partial charge >= 0.3 is 5.00 Å². The van der Waals surface area contributed by atoms with Gasteiger partial charge in [0.15, 0.2) is 5.13 Å². The van der Waals surface area contributed by atoms with Crippen LogP contribution in [0.5, 0.6) is 0 Å². The van der Waals surface area contributed by atoms with E-state index >= 15 is 0 Å². The molecule has 0 saturated heterocycles. The number of nitro benzene ring substituents is 1. The van der Waals surface area contributed by atoms with Crippen molar-refractivity contribution >= 4 is 44.4 Å². The van der Waals surface area contributed by atoms with Gasteiger partial charge in [0, 0.05) is 17.5 Å². The maximum atomic E-state index is 12.1. The number of rotatable bonds is 5. The summed E-state index contributed by atoms with van der Waals surface area (Å²) in [5, 5.41) is 26.0. The Kier molecular flexibility index (Phi) is 4.50. The third kappa shape index (κ3) is 3.51. The van der Waals surface area contributed by atoms with Gasteiger partial charge in [-0.05, 0) is 12.1 Å². The van der Waals surface area contributed by atoms with E-state index in [9.17, 15) is 25.0 Å². The fourth-order valence-corrected chi connectivity index (χ4v) is 3.43.